The van der Waals surface area contributed by atoms with Crippen molar-refractivity contribution in [1.29, 1.82) is 0 Å². The first kappa shape index (κ1) is 16.5. The lowest BCUT2D eigenvalue weighted by molar-refractivity contribution is 0.0990. The minimum atomic E-state index is -0.706. The summed E-state index contributed by atoms with van der Waals surface area (Å²) >= 11 is 0. The van der Waals surface area contributed by atoms with Gasteiger partial charge in [-0.25, -0.2) is 15.0 Å². The smallest absolute Gasteiger partial charge is 0.286 e. The van der Waals surface area contributed by atoms with Crippen LogP contribution in [0.2, 0.25) is 0 Å². The summed E-state index contributed by atoms with van der Waals surface area (Å²) in [4.78, 5) is 35.2. The number of hydrogen-bond acceptors (Lipinski definition) is 5. The molecule has 4 rings (SSSR count). The maximum Gasteiger partial charge on any atom is 0.286 e. The molecule has 0 aliphatic rings. The predicted octanol–water partition coefficient (Wildman–Crippen LogP) is 3.27. The minimum absolute atomic E-state index is 0.0790. The van der Waals surface area contributed by atoms with Crippen LogP contribution in [0.3, 0.4) is 0 Å². The third-order valence-corrected chi connectivity index (χ3v) is 4.19. The molecule has 2 heterocycles. The average Bonchev–Trinajstić information content (AvgIpc) is 2.73. The fourth-order valence-corrected chi connectivity index (χ4v) is 2.86. The van der Waals surface area contributed by atoms with Crippen molar-refractivity contribution in [3.05, 3.63) is 78.2 Å². The van der Waals surface area contributed by atoms with Gasteiger partial charge in [-0.15, -0.1) is 0 Å². The number of aldehydes is 1. The van der Waals surface area contributed by atoms with E-state index in [1.54, 1.807) is 18.3 Å². The molecule has 0 bridgehead atoms. The fraction of sp³-hybridized carbons (Fsp3) is 0. The number of benzene rings is 2. The monoisotopic (exact) mass is 354 g/mol. The van der Waals surface area contributed by atoms with Crippen LogP contribution in [0.5, 0.6) is 0 Å². The van der Waals surface area contributed by atoms with E-state index in [2.05, 4.69) is 15.0 Å². The molecule has 2 aromatic carbocycles. The number of amides is 1. The Balaban J connectivity index is 1.99. The molecule has 0 aliphatic carbocycles. The molecule has 0 saturated heterocycles. The third-order valence-electron chi connectivity index (χ3n) is 4.19. The normalized spacial score (nSPS) is 10.7. The van der Waals surface area contributed by atoms with Crippen LogP contribution >= 0.6 is 0 Å². The van der Waals surface area contributed by atoms with Crippen molar-refractivity contribution < 1.29 is 9.59 Å². The molecule has 4 aromatic rings. The quantitative estimate of drug-likeness (QED) is 0.567. The highest BCUT2D eigenvalue weighted by molar-refractivity contribution is 5.93. The van der Waals surface area contributed by atoms with Gasteiger partial charge in [0.25, 0.3) is 5.91 Å². The van der Waals surface area contributed by atoms with Gasteiger partial charge in [-0.05, 0) is 11.6 Å². The summed E-state index contributed by atoms with van der Waals surface area (Å²) in [6.45, 7) is 0. The van der Waals surface area contributed by atoms with Gasteiger partial charge in [0.15, 0.2) is 5.65 Å². The van der Waals surface area contributed by atoms with Crippen LogP contribution in [-0.4, -0.2) is 27.1 Å². The van der Waals surface area contributed by atoms with Crippen LogP contribution in [0.25, 0.3) is 33.4 Å². The van der Waals surface area contributed by atoms with Gasteiger partial charge in [0.1, 0.15) is 6.29 Å². The summed E-state index contributed by atoms with van der Waals surface area (Å²) in [5.74, 6) is -0.785. The van der Waals surface area contributed by atoms with E-state index in [-0.39, 0.29) is 5.82 Å². The number of hydrogen-bond donors (Lipinski definition) is 1. The molecule has 0 fully saturated rings. The fourth-order valence-electron chi connectivity index (χ4n) is 2.86. The molecule has 0 saturated carbocycles. The molecule has 0 spiro atoms. The predicted molar refractivity (Wildman–Crippen MR) is 102 cm³/mol. The van der Waals surface area contributed by atoms with Crippen LogP contribution < -0.4 is 5.73 Å². The van der Waals surface area contributed by atoms with Crippen LogP contribution in [0.15, 0.2) is 66.9 Å². The van der Waals surface area contributed by atoms with Crippen molar-refractivity contribution in [3.63, 3.8) is 0 Å². The minimum Gasteiger partial charge on any atom is -0.363 e. The van der Waals surface area contributed by atoms with Crippen molar-refractivity contribution >= 4 is 23.2 Å². The molecule has 0 atom stereocenters. The number of carbonyl (C=O) groups excluding carboxylic acids is 2. The second-order valence-electron chi connectivity index (χ2n) is 5.96. The number of primary amides is 1. The number of nitrogens with two attached hydrogens (primary N) is 1. The highest BCUT2D eigenvalue weighted by Gasteiger charge is 2.14. The second-order valence-corrected chi connectivity index (χ2v) is 5.96. The number of carbonyl (C=O) groups is 2. The molecular formula is C21H14N4O2. The van der Waals surface area contributed by atoms with E-state index in [9.17, 15) is 9.59 Å². The molecule has 2 N–H and O–H groups in total. The van der Waals surface area contributed by atoms with Crippen molar-refractivity contribution in [2.75, 3.05) is 0 Å². The first-order valence-corrected chi connectivity index (χ1v) is 8.24. The molecule has 6 nitrogen and oxygen atoms in total. The number of fused-ring (bicyclic) bond motifs is 1. The van der Waals surface area contributed by atoms with Gasteiger partial charge in [0.05, 0.1) is 5.69 Å². The zero-order valence-electron chi connectivity index (χ0n) is 14.2. The standard InChI is InChI=1S/C21H14N4O2/c22-19(27)21-23-11-16-10-17(14-4-2-1-3-5-14)18(24-20(16)25-21)15-8-6-13(12-26)7-9-15/h1-12H,(H2,22,27). The van der Waals surface area contributed by atoms with Crippen molar-refractivity contribution in [3.8, 4) is 22.4 Å². The Morgan fingerprint density at radius 2 is 1.67 bits per heavy atom. The Bertz CT molecular complexity index is 1160. The molecule has 0 aliphatic heterocycles. The van der Waals surface area contributed by atoms with Crippen molar-refractivity contribution in [2.45, 2.75) is 0 Å². The van der Waals surface area contributed by atoms with Gasteiger partial charge < -0.3 is 5.73 Å². The average molecular weight is 354 g/mol. The van der Waals surface area contributed by atoms with Gasteiger partial charge in [0, 0.05) is 28.3 Å². The first-order valence-electron chi connectivity index (χ1n) is 8.24. The zero-order valence-corrected chi connectivity index (χ0v) is 14.2. The van der Waals surface area contributed by atoms with Crippen LogP contribution in [0.4, 0.5) is 0 Å². The van der Waals surface area contributed by atoms with Crippen molar-refractivity contribution in [2.24, 2.45) is 5.73 Å². The molecule has 130 valence electrons. The maximum atomic E-state index is 11.4. The highest BCUT2D eigenvalue weighted by Crippen LogP contribution is 2.32. The maximum absolute atomic E-state index is 11.4. The second kappa shape index (κ2) is 6.76. The number of pyridine rings is 1. The van der Waals surface area contributed by atoms with Gasteiger partial charge in [-0.1, -0.05) is 54.6 Å². The lowest BCUT2D eigenvalue weighted by Crippen LogP contribution is -2.15. The Kier molecular flexibility index (Phi) is 4.14. The first-order chi connectivity index (χ1) is 13.2. The van der Waals surface area contributed by atoms with E-state index in [0.717, 1.165) is 23.0 Å². The molecule has 2 aromatic heterocycles. The largest absolute Gasteiger partial charge is 0.363 e. The van der Waals surface area contributed by atoms with E-state index in [0.29, 0.717) is 22.3 Å². The summed E-state index contributed by atoms with van der Waals surface area (Å²) in [7, 11) is 0. The van der Waals surface area contributed by atoms with E-state index in [4.69, 9.17) is 5.73 Å². The summed E-state index contributed by atoms with van der Waals surface area (Å²) < 4.78 is 0. The number of aromatic nitrogens is 3. The molecular weight excluding hydrogens is 340 g/mol. The third kappa shape index (κ3) is 3.16. The Hall–Kier alpha value is -3.93. The van der Waals surface area contributed by atoms with E-state index >= 15 is 0 Å². The molecule has 27 heavy (non-hydrogen) atoms. The van der Waals surface area contributed by atoms with Crippen LogP contribution in [0.1, 0.15) is 21.0 Å². The van der Waals surface area contributed by atoms with Crippen LogP contribution in [0, 0.1) is 0 Å². The van der Waals surface area contributed by atoms with Crippen LogP contribution in [-0.2, 0) is 0 Å². The lowest BCUT2D eigenvalue weighted by atomic mass is 9.98. The van der Waals surface area contributed by atoms with Gasteiger partial charge in [-0.3, -0.25) is 9.59 Å². The molecule has 0 unspecified atom stereocenters. The Labute approximate surface area is 154 Å². The van der Waals surface area contributed by atoms with Crippen molar-refractivity contribution in [1.82, 2.24) is 15.0 Å². The van der Waals surface area contributed by atoms with E-state index in [1.165, 1.54) is 0 Å². The van der Waals surface area contributed by atoms with Gasteiger partial charge in [-0.2, -0.15) is 0 Å². The number of rotatable bonds is 4. The van der Waals surface area contributed by atoms with Gasteiger partial charge in [0.2, 0.25) is 5.82 Å². The zero-order chi connectivity index (χ0) is 18.8. The molecule has 0 radical (unpaired) electrons. The Morgan fingerprint density at radius 1 is 0.926 bits per heavy atom. The number of nitrogens with zero attached hydrogens (tertiary/aromatic N) is 3. The summed E-state index contributed by atoms with van der Waals surface area (Å²) in [6.07, 6.45) is 2.34. The van der Waals surface area contributed by atoms with Gasteiger partial charge >= 0.3 is 0 Å². The van der Waals surface area contributed by atoms with E-state index in [1.807, 2.05) is 48.5 Å². The Morgan fingerprint density at radius 3 is 2.33 bits per heavy atom. The lowest BCUT2D eigenvalue weighted by Gasteiger charge is -2.11. The summed E-state index contributed by atoms with van der Waals surface area (Å²) in [5.41, 5.74) is 9.66. The van der Waals surface area contributed by atoms with E-state index < -0.39 is 5.91 Å². The molecule has 6 heteroatoms. The summed E-state index contributed by atoms with van der Waals surface area (Å²) in [6, 6.07) is 18.9. The molecule has 1 amide bonds. The summed E-state index contributed by atoms with van der Waals surface area (Å²) in [5, 5.41) is 0.701. The SMILES string of the molecule is NC(=O)c1ncc2cc(-c3ccccc3)c(-c3ccc(C=O)cc3)nc2n1. The topological polar surface area (TPSA) is 98.8 Å². The highest BCUT2D eigenvalue weighted by atomic mass is 16.1.